The molecule has 3 rings (SSSR count). The van der Waals surface area contributed by atoms with Crippen molar-refractivity contribution in [2.24, 2.45) is 5.92 Å². The maximum absolute atomic E-state index is 12.4. The average Bonchev–Trinajstić information content (AvgIpc) is 3.13. The van der Waals surface area contributed by atoms with Crippen LogP contribution in [0.1, 0.15) is 18.4 Å². The highest BCUT2D eigenvalue weighted by molar-refractivity contribution is 7.13. The van der Waals surface area contributed by atoms with Crippen molar-refractivity contribution in [2.45, 2.75) is 12.8 Å². The fourth-order valence-corrected chi connectivity index (χ4v) is 3.50. The van der Waals surface area contributed by atoms with Gasteiger partial charge in [-0.25, -0.2) is 4.98 Å². The molecule has 2 amide bonds. The molecule has 2 aromatic rings. The number of carbonyl (C=O) groups excluding carboxylic acids is 2. The molecule has 1 aliphatic heterocycles. The zero-order chi connectivity index (χ0) is 17.6. The smallest absolute Gasteiger partial charge is 0.246 e. The van der Waals surface area contributed by atoms with Crippen LogP contribution < -0.4 is 5.32 Å². The Labute approximate surface area is 155 Å². The van der Waals surface area contributed by atoms with Crippen LogP contribution in [0, 0.1) is 5.92 Å². The molecule has 0 radical (unpaired) electrons. The second-order valence-electron chi connectivity index (χ2n) is 5.84. The van der Waals surface area contributed by atoms with E-state index in [1.165, 1.54) is 17.4 Å². The molecule has 5 nitrogen and oxygen atoms in total. The lowest BCUT2D eigenvalue weighted by Crippen LogP contribution is -2.43. The molecule has 2 heterocycles. The molecule has 1 aromatic heterocycles. The van der Waals surface area contributed by atoms with Gasteiger partial charge >= 0.3 is 0 Å². The highest BCUT2D eigenvalue weighted by Gasteiger charge is 2.27. The molecule has 0 aliphatic carbocycles. The summed E-state index contributed by atoms with van der Waals surface area (Å²) in [5.41, 5.74) is 0.871. The third-order valence-electron chi connectivity index (χ3n) is 4.03. The Kier molecular flexibility index (Phi) is 5.83. The fourth-order valence-electron chi connectivity index (χ4n) is 2.77. The average molecular weight is 376 g/mol. The predicted octanol–water partition coefficient (Wildman–Crippen LogP) is 3.69. The van der Waals surface area contributed by atoms with E-state index in [-0.39, 0.29) is 17.7 Å². The maximum Gasteiger partial charge on any atom is 0.246 e. The third kappa shape index (κ3) is 4.90. The van der Waals surface area contributed by atoms with Gasteiger partial charge in [-0.15, -0.1) is 11.3 Å². The number of carbonyl (C=O) groups is 2. The highest BCUT2D eigenvalue weighted by Crippen LogP contribution is 2.20. The SMILES string of the molecule is O=C(Nc1nccs1)C1CCCN(C(=O)C=Cc2cccc(Cl)c2)C1. The Morgan fingerprint density at radius 3 is 3.04 bits per heavy atom. The monoisotopic (exact) mass is 375 g/mol. The van der Waals surface area contributed by atoms with Gasteiger partial charge in [0.25, 0.3) is 0 Å². The summed E-state index contributed by atoms with van der Waals surface area (Å²) in [5, 5.41) is 5.85. The van der Waals surface area contributed by atoms with Crippen LogP contribution in [0.3, 0.4) is 0 Å². The molecule has 0 saturated carbocycles. The summed E-state index contributed by atoms with van der Waals surface area (Å²) in [6, 6.07) is 7.31. The van der Waals surface area contributed by atoms with Crippen molar-refractivity contribution < 1.29 is 9.59 Å². The summed E-state index contributed by atoms with van der Waals surface area (Å²) in [7, 11) is 0. The summed E-state index contributed by atoms with van der Waals surface area (Å²) >= 11 is 7.33. The number of rotatable bonds is 4. The number of nitrogens with zero attached hydrogens (tertiary/aromatic N) is 2. The number of hydrogen-bond acceptors (Lipinski definition) is 4. The molecule has 1 unspecified atom stereocenters. The predicted molar refractivity (Wildman–Crippen MR) is 101 cm³/mol. The maximum atomic E-state index is 12.4. The molecule has 1 fully saturated rings. The molecular formula is C18H18ClN3O2S. The van der Waals surface area contributed by atoms with Crippen molar-refractivity contribution in [3.63, 3.8) is 0 Å². The van der Waals surface area contributed by atoms with Gasteiger partial charge in [-0.2, -0.15) is 0 Å². The van der Waals surface area contributed by atoms with Crippen molar-refractivity contribution >= 4 is 46.0 Å². The van der Waals surface area contributed by atoms with Gasteiger partial charge in [0, 0.05) is 35.8 Å². The lowest BCUT2D eigenvalue weighted by molar-refractivity contribution is -0.130. The van der Waals surface area contributed by atoms with Crippen molar-refractivity contribution in [3.05, 3.63) is 52.5 Å². The number of likely N-dealkylation sites (tertiary alicyclic amines) is 1. The largest absolute Gasteiger partial charge is 0.338 e. The van der Waals surface area contributed by atoms with Crippen molar-refractivity contribution in [1.82, 2.24) is 9.88 Å². The van der Waals surface area contributed by atoms with E-state index in [1.807, 2.05) is 17.5 Å². The topological polar surface area (TPSA) is 62.3 Å². The molecule has 0 bridgehead atoms. The van der Waals surface area contributed by atoms with E-state index in [4.69, 9.17) is 11.6 Å². The zero-order valence-corrected chi connectivity index (χ0v) is 15.1. The molecule has 0 spiro atoms. The summed E-state index contributed by atoms with van der Waals surface area (Å²) < 4.78 is 0. The van der Waals surface area contributed by atoms with E-state index in [0.717, 1.165) is 18.4 Å². The number of nitrogens with one attached hydrogen (secondary N) is 1. The number of hydrogen-bond donors (Lipinski definition) is 1. The fraction of sp³-hybridized carbons (Fsp3) is 0.278. The number of thiazole rings is 1. The van der Waals surface area contributed by atoms with Crippen LogP contribution in [0.25, 0.3) is 6.08 Å². The van der Waals surface area contributed by atoms with E-state index >= 15 is 0 Å². The van der Waals surface area contributed by atoms with Crippen LogP contribution in [-0.2, 0) is 9.59 Å². The first-order valence-corrected chi connectivity index (χ1v) is 9.30. The number of benzene rings is 1. The van der Waals surface area contributed by atoms with Gasteiger partial charge in [0.15, 0.2) is 5.13 Å². The second-order valence-corrected chi connectivity index (χ2v) is 7.17. The van der Waals surface area contributed by atoms with Gasteiger partial charge in [0.05, 0.1) is 5.92 Å². The highest BCUT2D eigenvalue weighted by atomic mass is 35.5. The van der Waals surface area contributed by atoms with E-state index in [9.17, 15) is 9.59 Å². The van der Waals surface area contributed by atoms with Crippen LogP contribution in [-0.4, -0.2) is 34.8 Å². The standard InChI is InChI=1S/C18H18ClN3O2S/c19-15-5-1-3-13(11-15)6-7-16(23)22-9-2-4-14(12-22)17(24)21-18-20-8-10-25-18/h1,3,5-8,10-11,14H,2,4,9,12H2,(H,20,21,24). The normalized spacial score (nSPS) is 17.6. The van der Waals surface area contributed by atoms with Crippen molar-refractivity contribution in [3.8, 4) is 0 Å². The van der Waals surface area contributed by atoms with E-state index < -0.39 is 0 Å². The van der Waals surface area contributed by atoms with Crippen LogP contribution in [0.2, 0.25) is 5.02 Å². The first-order valence-electron chi connectivity index (χ1n) is 8.05. The summed E-state index contributed by atoms with van der Waals surface area (Å²) in [5.74, 6) is -0.376. The quantitative estimate of drug-likeness (QED) is 0.829. The molecular weight excluding hydrogens is 358 g/mol. The third-order valence-corrected chi connectivity index (χ3v) is 4.96. The zero-order valence-electron chi connectivity index (χ0n) is 13.5. The Hall–Kier alpha value is -2.18. The summed E-state index contributed by atoms with van der Waals surface area (Å²) in [4.78, 5) is 30.5. The minimum Gasteiger partial charge on any atom is -0.338 e. The van der Waals surface area contributed by atoms with Gasteiger partial charge < -0.3 is 10.2 Å². The summed E-state index contributed by atoms with van der Waals surface area (Å²) in [6.45, 7) is 1.09. The molecule has 130 valence electrons. The Balaban J connectivity index is 1.58. The van der Waals surface area contributed by atoms with Crippen LogP contribution in [0.5, 0.6) is 0 Å². The summed E-state index contributed by atoms with van der Waals surface area (Å²) in [6.07, 6.45) is 6.52. The molecule has 1 N–H and O–H groups in total. The lowest BCUT2D eigenvalue weighted by atomic mass is 9.97. The Morgan fingerprint density at radius 2 is 2.28 bits per heavy atom. The molecule has 1 atom stereocenters. The first-order chi connectivity index (χ1) is 12.1. The molecule has 25 heavy (non-hydrogen) atoms. The lowest BCUT2D eigenvalue weighted by Gasteiger charge is -2.31. The number of anilines is 1. The van der Waals surface area contributed by atoms with Crippen LogP contribution in [0.15, 0.2) is 41.9 Å². The Bertz CT molecular complexity index is 776. The Morgan fingerprint density at radius 1 is 1.40 bits per heavy atom. The molecule has 1 saturated heterocycles. The minimum absolute atomic E-state index is 0.0775. The number of aromatic nitrogens is 1. The van der Waals surface area contributed by atoms with Crippen molar-refractivity contribution in [1.29, 1.82) is 0 Å². The first kappa shape index (κ1) is 17.6. The number of piperidine rings is 1. The van der Waals surface area contributed by atoms with Crippen molar-refractivity contribution in [2.75, 3.05) is 18.4 Å². The second kappa shape index (κ2) is 8.27. The molecule has 1 aliphatic rings. The van der Waals surface area contributed by atoms with Gasteiger partial charge in [-0.3, -0.25) is 9.59 Å². The number of halogens is 1. The molecule has 1 aromatic carbocycles. The van der Waals surface area contributed by atoms with Crippen LogP contribution in [0.4, 0.5) is 5.13 Å². The molecule has 7 heteroatoms. The van der Waals surface area contributed by atoms with E-state index in [1.54, 1.807) is 29.3 Å². The van der Waals surface area contributed by atoms with Crippen LogP contribution >= 0.6 is 22.9 Å². The van der Waals surface area contributed by atoms with E-state index in [2.05, 4.69) is 10.3 Å². The van der Waals surface area contributed by atoms with Gasteiger partial charge in [0.1, 0.15) is 0 Å². The van der Waals surface area contributed by atoms with Gasteiger partial charge in [-0.1, -0.05) is 23.7 Å². The minimum atomic E-state index is -0.207. The van der Waals surface area contributed by atoms with Gasteiger partial charge in [-0.05, 0) is 36.6 Å². The van der Waals surface area contributed by atoms with Gasteiger partial charge in [0.2, 0.25) is 11.8 Å². The van der Waals surface area contributed by atoms with E-state index in [0.29, 0.717) is 23.2 Å². The number of amides is 2.